The van der Waals surface area contributed by atoms with E-state index in [4.69, 9.17) is 10.5 Å². The van der Waals surface area contributed by atoms with Gasteiger partial charge < -0.3 is 10.5 Å². The summed E-state index contributed by atoms with van der Waals surface area (Å²) in [6.07, 6.45) is 1.41. The average Bonchev–Trinajstić information content (AvgIpc) is 3.09. The summed E-state index contributed by atoms with van der Waals surface area (Å²) in [6, 6.07) is 19.9. The number of para-hydroxylation sites is 1. The molecule has 0 fully saturated rings. The first kappa shape index (κ1) is 16.8. The maximum Gasteiger partial charge on any atom is 0.343 e. The third-order valence-electron chi connectivity index (χ3n) is 4.31. The van der Waals surface area contributed by atoms with Crippen molar-refractivity contribution in [3.63, 3.8) is 0 Å². The number of ether oxygens (including phenoxy) is 1. The molecule has 0 aliphatic heterocycles. The average molecular weight is 358 g/mol. The fraction of sp³-hybridized carbons (Fsp3) is 0.0952. The number of carbonyl (C=O) groups is 1. The Balaban J connectivity index is 1.90. The Morgan fingerprint density at radius 2 is 1.85 bits per heavy atom. The highest BCUT2D eigenvalue weighted by molar-refractivity contribution is 5.96. The lowest BCUT2D eigenvalue weighted by Gasteiger charge is -2.11. The number of hydrogen-bond acceptors (Lipinski definition) is 5. The number of rotatable bonds is 4. The monoisotopic (exact) mass is 358 g/mol. The van der Waals surface area contributed by atoms with Crippen LogP contribution in [0.5, 0.6) is 0 Å². The molecule has 2 heterocycles. The van der Waals surface area contributed by atoms with E-state index in [0.29, 0.717) is 5.82 Å². The molecule has 0 bridgehead atoms. The van der Waals surface area contributed by atoms with E-state index in [1.165, 1.54) is 10.9 Å². The largest absolute Gasteiger partial charge is 0.462 e. The lowest BCUT2D eigenvalue weighted by atomic mass is 10.0. The molecule has 0 saturated heterocycles. The van der Waals surface area contributed by atoms with Gasteiger partial charge in [-0.3, -0.25) is 0 Å². The summed E-state index contributed by atoms with van der Waals surface area (Å²) in [4.78, 5) is 16.7. The molecule has 2 aromatic heterocycles. The highest BCUT2D eigenvalue weighted by Gasteiger charge is 2.19. The smallest absolute Gasteiger partial charge is 0.343 e. The first-order valence-corrected chi connectivity index (χ1v) is 8.65. The number of carbonyl (C=O) groups excluding carboxylic acids is 1. The molecule has 6 heteroatoms. The fourth-order valence-electron chi connectivity index (χ4n) is 3.03. The van der Waals surface area contributed by atoms with Gasteiger partial charge in [-0.25, -0.2) is 9.78 Å². The third-order valence-corrected chi connectivity index (χ3v) is 4.31. The number of aromatic nitrogens is 3. The molecule has 4 aromatic rings. The lowest BCUT2D eigenvalue weighted by molar-refractivity contribution is 0.0527. The maximum absolute atomic E-state index is 12.0. The van der Waals surface area contributed by atoms with Crippen LogP contribution in [0.1, 0.15) is 17.3 Å². The van der Waals surface area contributed by atoms with E-state index in [-0.39, 0.29) is 18.0 Å². The van der Waals surface area contributed by atoms with Gasteiger partial charge in [0.1, 0.15) is 11.4 Å². The Hall–Kier alpha value is -3.67. The predicted octanol–water partition coefficient (Wildman–Crippen LogP) is 3.85. The Morgan fingerprint density at radius 1 is 1.11 bits per heavy atom. The summed E-state index contributed by atoms with van der Waals surface area (Å²) in [5.41, 5.74) is 9.29. The van der Waals surface area contributed by atoms with E-state index in [9.17, 15) is 4.79 Å². The van der Waals surface area contributed by atoms with E-state index >= 15 is 0 Å². The number of nitrogen functional groups attached to an aromatic ring is 1. The van der Waals surface area contributed by atoms with Crippen molar-refractivity contribution in [1.82, 2.24) is 14.8 Å². The van der Waals surface area contributed by atoms with Crippen LogP contribution >= 0.6 is 0 Å². The number of benzene rings is 2. The Labute approximate surface area is 156 Å². The molecule has 4 rings (SSSR count). The van der Waals surface area contributed by atoms with Gasteiger partial charge in [-0.1, -0.05) is 48.5 Å². The number of hydrogen-bond donors (Lipinski definition) is 1. The molecular formula is C21H18N4O2. The third kappa shape index (κ3) is 3.01. The highest BCUT2D eigenvalue weighted by atomic mass is 16.5. The van der Waals surface area contributed by atoms with Gasteiger partial charge in [0.05, 0.1) is 18.3 Å². The standard InChI is InChI=1S/C21H18N4O2/c1-2-27-21(26)17-13-23-25(20(17)22)19-12-16(14-8-4-3-5-9-14)15-10-6-7-11-18(15)24-19/h3-13H,2,22H2,1H3. The molecule has 0 aliphatic rings. The highest BCUT2D eigenvalue weighted by Crippen LogP contribution is 2.30. The van der Waals surface area contributed by atoms with Crippen molar-refractivity contribution in [1.29, 1.82) is 0 Å². The zero-order valence-electron chi connectivity index (χ0n) is 14.8. The van der Waals surface area contributed by atoms with Crippen molar-refractivity contribution in [3.05, 3.63) is 72.4 Å². The quantitative estimate of drug-likeness (QED) is 0.560. The summed E-state index contributed by atoms with van der Waals surface area (Å²) >= 11 is 0. The van der Waals surface area contributed by atoms with Crippen LogP contribution in [0.4, 0.5) is 5.82 Å². The minimum Gasteiger partial charge on any atom is -0.462 e. The van der Waals surface area contributed by atoms with Gasteiger partial charge in [-0.05, 0) is 30.2 Å². The molecule has 0 aliphatic carbocycles. The topological polar surface area (TPSA) is 83.0 Å². The second-order valence-corrected chi connectivity index (χ2v) is 5.99. The van der Waals surface area contributed by atoms with Crippen molar-refractivity contribution in [2.75, 3.05) is 12.3 Å². The fourth-order valence-corrected chi connectivity index (χ4v) is 3.03. The Bertz CT molecular complexity index is 1120. The van der Waals surface area contributed by atoms with E-state index in [1.807, 2.05) is 60.7 Å². The minimum absolute atomic E-state index is 0.204. The zero-order chi connectivity index (χ0) is 18.8. The van der Waals surface area contributed by atoms with Crippen molar-refractivity contribution >= 4 is 22.7 Å². The van der Waals surface area contributed by atoms with Gasteiger partial charge in [-0.2, -0.15) is 9.78 Å². The molecule has 0 spiro atoms. The zero-order valence-corrected chi connectivity index (χ0v) is 14.8. The van der Waals surface area contributed by atoms with Crippen LogP contribution in [0.3, 0.4) is 0 Å². The van der Waals surface area contributed by atoms with Gasteiger partial charge in [0.25, 0.3) is 0 Å². The van der Waals surface area contributed by atoms with Gasteiger partial charge in [0.15, 0.2) is 5.82 Å². The molecule has 0 atom stereocenters. The number of nitrogens with zero attached hydrogens (tertiary/aromatic N) is 3. The first-order valence-electron chi connectivity index (χ1n) is 8.65. The second-order valence-electron chi connectivity index (χ2n) is 5.99. The summed E-state index contributed by atoms with van der Waals surface area (Å²) in [5.74, 6) is 0.251. The van der Waals surface area contributed by atoms with Crippen LogP contribution in [0.25, 0.3) is 27.8 Å². The summed E-state index contributed by atoms with van der Waals surface area (Å²) in [6.45, 7) is 2.02. The van der Waals surface area contributed by atoms with Crippen LogP contribution in [0.15, 0.2) is 66.9 Å². The molecule has 6 nitrogen and oxygen atoms in total. The summed E-state index contributed by atoms with van der Waals surface area (Å²) in [7, 11) is 0. The number of anilines is 1. The normalized spacial score (nSPS) is 10.9. The van der Waals surface area contributed by atoms with Crippen molar-refractivity contribution in [2.45, 2.75) is 6.92 Å². The first-order chi connectivity index (χ1) is 13.2. The van der Waals surface area contributed by atoms with Crippen LogP contribution in [-0.4, -0.2) is 27.3 Å². The number of esters is 1. The van der Waals surface area contributed by atoms with Crippen LogP contribution in [0.2, 0.25) is 0 Å². The van der Waals surface area contributed by atoms with Crippen molar-refractivity contribution in [2.24, 2.45) is 0 Å². The SMILES string of the molecule is CCOC(=O)c1cnn(-c2cc(-c3ccccc3)c3ccccc3n2)c1N. The maximum atomic E-state index is 12.0. The number of nitrogens with two attached hydrogens (primary N) is 1. The van der Waals surface area contributed by atoms with Gasteiger partial charge in [0, 0.05) is 5.39 Å². The number of fused-ring (bicyclic) bond motifs is 1. The Morgan fingerprint density at radius 3 is 2.63 bits per heavy atom. The van der Waals surface area contributed by atoms with Crippen molar-refractivity contribution < 1.29 is 9.53 Å². The molecule has 0 saturated carbocycles. The Kier molecular flexibility index (Phi) is 4.30. The van der Waals surface area contributed by atoms with E-state index in [1.54, 1.807) is 6.92 Å². The molecule has 0 amide bonds. The molecule has 0 radical (unpaired) electrons. The lowest BCUT2D eigenvalue weighted by Crippen LogP contribution is -2.10. The molecule has 2 aromatic carbocycles. The number of pyridine rings is 1. The predicted molar refractivity (Wildman–Crippen MR) is 105 cm³/mol. The summed E-state index contributed by atoms with van der Waals surface area (Å²) in [5, 5.41) is 5.29. The second kappa shape index (κ2) is 6.92. The van der Waals surface area contributed by atoms with Crippen LogP contribution in [-0.2, 0) is 4.74 Å². The van der Waals surface area contributed by atoms with Crippen LogP contribution < -0.4 is 5.73 Å². The molecule has 2 N–H and O–H groups in total. The van der Waals surface area contributed by atoms with Crippen molar-refractivity contribution in [3.8, 4) is 16.9 Å². The molecular weight excluding hydrogens is 340 g/mol. The van der Waals surface area contributed by atoms with E-state index < -0.39 is 5.97 Å². The van der Waals surface area contributed by atoms with E-state index in [0.717, 1.165) is 22.0 Å². The van der Waals surface area contributed by atoms with Gasteiger partial charge in [-0.15, -0.1) is 0 Å². The van der Waals surface area contributed by atoms with Gasteiger partial charge >= 0.3 is 5.97 Å². The van der Waals surface area contributed by atoms with E-state index in [2.05, 4.69) is 10.1 Å². The van der Waals surface area contributed by atoms with Gasteiger partial charge in [0.2, 0.25) is 0 Å². The summed E-state index contributed by atoms with van der Waals surface area (Å²) < 4.78 is 6.49. The minimum atomic E-state index is -0.495. The molecule has 0 unspecified atom stereocenters. The molecule has 134 valence electrons. The molecule has 27 heavy (non-hydrogen) atoms. The van der Waals surface area contributed by atoms with Crippen LogP contribution in [0, 0.1) is 0 Å².